The summed E-state index contributed by atoms with van der Waals surface area (Å²) in [5, 5.41) is 1.02. The largest absolute Gasteiger partial charge is 0.356 e. The fraction of sp³-hybridized carbons (Fsp3) is 0.333. The minimum atomic E-state index is 0.0690. The number of carbonyl (C=O) groups is 1. The van der Waals surface area contributed by atoms with Gasteiger partial charge in [0.05, 0.1) is 11.1 Å². The summed E-state index contributed by atoms with van der Waals surface area (Å²) in [6.07, 6.45) is 3.31. The Labute approximate surface area is 165 Å². The van der Waals surface area contributed by atoms with E-state index in [0.29, 0.717) is 5.92 Å². The molecule has 2 aliphatic rings. The third-order valence-electron chi connectivity index (χ3n) is 6.13. The molecule has 1 aromatic heterocycles. The molecule has 1 saturated heterocycles. The molecule has 0 unspecified atom stereocenters. The van der Waals surface area contributed by atoms with Gasteiger partial charge < -0.3 is 9.80 Å². The highest BCUT2D eigenvalue weighted by molar-refractivity contribution is 6.11. The lowest BCUT2D eigenvalue weighted by molar-refractivity contribution is 0.0984. The van der Waals surface area contributed by atoms with Crippen LogP contribution in [0.1, 0.15) is 48.0 Å². The molecule has 4 nitrogen and oxygen atoms in total. The van der Waals surface area contributed by atoms with E-state index in [-0.39, 0.29) is 5.91 Å². The van der Waals surface area contributed by atoms with E-state index in [1.165, 1.54) is 5.56 Å². The maximum Gasteiger partial charge on any atom is 0.262 e. The number of hydrogen-bond donors (Lipinski definition) is 0. The van der Waals surface area contributed by atoms with Crippen molar-refractivity contribution in [1.29, 1.82) is 0 Å². The molecule has 0 saturated carbocycles. The van der Waals surface area contributed by atoms with Gasteiger partial charge in [0.2, 0.25) is 0 Å². The van der Waals surface area contributed by atoms with E-state index in [1.54, 1.807) is 0 Å². The van der Waals surface area contributed by atoms with Crippen LogP contribution in [-0.4, -0.2) is 30.5 Å². The van der Waals surface area contributed by atoms with Crippen LogP contribution in [-0.2, 0) is 0 Å². The molecular formula is C24H25N3O. The van der Waals surface area contributed by atoms with Crippen LogP contribution in [0, 0.1) is 0 Å². The number of para-hydroxylation sites is 2. The Balaban J connectivity index is 1.63. The third kappa shape index (κ3) is 2.84. The monoisotopic (exact) mass is 371 g/mol. The molecule has 0 spiro atoms. The molecule has 0 radical (unpaired) electrons. The van der Waals surface area contributed by atoms with E-state index in [1.807, 2.05) is 41.3 Å². The third-order valence-corrected chi connectivity index (χ3v) is 6.13. The second-order valence-electron chi connectivity index (χ2n) is 7.95. The lowest BCUT2D eigenvalue weighted by atomic mass is 9.91. The maximum absolute atomic E-state index is 13.7. The smallest absolute Gasteiger partial charge is 0.262 e. The van der Waals surface area contributed by atoms with Crippen molar-refractivity contribution in [3.05, 3.63) is 65.7 Å². The summed E-state index contributed by atoms with van der Waals surface area (Å²) < 4.78 is 0. The Morgan fingerprint density at radius 1 is 1.00 bits per heavy atom. The fourth-order valence-electron chi connectivity index (χ4n) is 4.54. The number of fused-ring (bicyclic) bond motifs is 2. The minimum Gasteiger partial charge on any atom is -0.356 e. The van der Waals surface area contributed by atoms with E-state index >= 15 is 0 Å². The number of hydrogen-bond acceptors (Lipinski definition) is 3. The minimum absolute atomic E-state index is 0.0690. The van der Waals surface area contributed by atoms with Crippen molar-refractivity contribution in [3.8, 4) is 0 Å². The molecule has 3 heterocycles. The van der Waals surface area contributed by atoms with Crippen LogP contribution in [0.2, 0.25) is 0 Å². The summed E-state index contributed by atoms with van der Waals surface area (Å²) in [5.74, 6) is 1.39. The van der Waals surface area contributed by atoms with Gasteiger partial charge in [0.15, 0.2) is 0 Å². The molecule has 28 heavy (non-hydrogen) atoms. The first-order chi connectivity index (χ1) is 13.7. The van der Waals surface area contributed by atoms with Crippen molar-refractivity contribution < 1.29 is 4.79 Å². The maximum atomic E-state index is 13.7. The molecule has 1 amide bonds. The van der Waals surface area contributed by atoms with Crippen LogP contribution in [0.25, 0.3) is 10.9 Å². The summed E-state index contributed by atoms with van der Waals surface area (Å²) in [4.78, 5) is 22.9. The standard InChI is InChI=1S/C24H25N3O/c1-17-12-15-27(22-11-5-3-9-19(17)22)24(28)20-16-18-8-2-4-10-21(18)25-23(20)26-13-6-7-14-26/h2-5,8-11,16-17H,6-7,12-15H2,1H3/t17-/m1/s1. The normalized spacial score (nSPS) is 19.1. The van der Waals surface area contributed by atoms with E-state index in [4.69, 9.17) is 4.98 Å². The predicted molar refractivity (Wildman–Crippen MR) is 114 cm³/mol. The van der Waals surface area contributed by atoms with E-state index < -0.39 is 0 Å². The molecule has 0 N–H and O–H groups in total. The predicted octanol–water partition coefficient (Wildman–Crippen LogP) is 4.99. The van der Waals surface area contributed by atoms with Crippen LogP contribution in [0.5, 0.6) is 0 Å². The van der Waals surface area contributed by atoms with Gasteiger partial charge in [-0.15, -0.1) is 0 Å². The molecule has 1 fully saturated rings. The first kappa shape index (κ1) is 17.2. The van der Waals surface area contributed by atoms with Crippen LogP contribution >= 0.6 is 0 Å². The topological polar surface area (TPSA) is 36.4 Å². The van der Waals surface area contributed by atoms with Crippen molar-refractivity contribution in [2.75, 3.05) is 29.4 Å². The van der Waals surface area contributed by atoms with Gasteiger partial charge in [-0.2, -0.15) is 0 Å². The van der Waals surface area contributed by atoms with Gasteiger partial charge in [-0.25, -0.2) is 4.98 Å². The Kier molecular flexibility index (Phi) is 4.27. The molecule has 3 aromatic rings. The molecule has 2 aromatic carbocycles. The Hall–Kier alpha value is -2.88. The van der Waals surface area contributed by atoms with Crippen LogP contribution in [0.3, 0.4) is 0 Å². The van der Waals surface area contributed by atoms with Crippen molar-refractivity contribution >= 4 is 28.3 Å². The van der Waals surface area contributed by atoms with Gasteiger partial charge in [0, 0.05) is 30.7 Å². The lowest BCUT2D eigenvalue weighted by Crippen LogP contribution is -2.37. The average molecular weight is 371 g/mol. The summed E-state index contributed by atoms with van der Waals surface area (Å²) >= 11 is 0. The summed E-state index contributed by atoms with van der Waals surface area (Å²) in [6, 6.07) is 18.4. The number of benzene rings is 2. The van der Waals surface area contributed by atoms with Crippen molar-refractivity contribution in [2.24, 2.45) is 0 Å². The summed E-state index contributed by atoms with van der Waals surface area (Å²) in [7, 11) is 0. The highest BCUT2D eigenvalue weighted by Gasteiger charge is 2.30. The number of pyridine rings is 1. The SMILES string of the molecule is C[C@@H]1CCN(C(=O)c2cc3ccccc3nc2N2CCCC2)c2ccccc21. The Morgan fingerprint density at radius 3 is 2.61 bits per heavy atom. The van der Waals surface area contributed by atoms with Gasteiger partial charge in [-0.05, 0) is 48.9 Å². The second-order valence-corrected chi connectivity index (χ2v) is 7.95. The molecule has 0 bridgehead atoms. The van der Waals surface area contributed by atoms with Gasteiger partial charge in [0.25, 0.3) is 5.91 Å². The zero-order valence-corrected chi connectivity index (χ0v) is 16.3. The zero-order chi connectivity index (χ0) is 19.1. The summed E-state index contributed by atoms with van der Waals surface area (Å²) in [5.41, 5.74) is 3.99. The van der Waals surface area contributed by atoms with Crippen LogP contribution in [0.4, 0.5) is 11.5 Å². The molecule has 5 rings (SSSR count). The van der Waals surface area contributed by atoms with Gasteiger partial charge in [0.1, 0.15) is 5.82 Å². The first-order valence-corrected chi connectivity index (χ1v) is 10.3. The van der Waals surface area contributed by atoms with E-state index in [0.717, 1.165) is 66.9 Å². The molecule has 4 heteroatoms. The van der Waals surface area contributed by atoms with Gasteiger partial charge in [-0.3, -0.25) is 4.79 Å². The molecule has 142 valence electrons. The van der Waals surface area contributed by atoms with Crippen molar-refractivity contribution in [2.45, 2.75) is 32.1 Å². The molecule has 1 atom stereocenters. The van der Waals surface area contributed by atoms with Crippen molar-refractivity contribution in [3.63, 3.8) is 0 Å². The summed E-state index contributed by atoms with van der Waals surface area (Å²) in [6.45, 7) is 4.94. The highest BCUT2D eigenvalue weighted by atomic mass is 16.2. The number of rotatable bonds is 2. The highest BCUT2D eigenvalue weighted by Crippen LogP contribution is 2.37. The number of amides is 1. The number of carbonyl (C=O) groups excluding carboxylic acids is 1. The zero-order valence-electron chi connectivity index (χ0n) is 16.3. The first-order valence-electron chi connectivity index (χ1n) is 10.3. The van der Waals surface area contributed by atoms with Gasteiger partial charge in [-0.1, -0.05) is 43.3 Å². The number of anilines is 2. The molecule has 2 aliphatic heterocycles. The number of aromatic nitrogens is 1. The fourth-order valence-corrected chi connectivity index (χ4v) is 4.54. The Bertz CT molecular complexity index is 1040. The Morgan fingerprint density at radius 2 is 1.75 bits per heavy atom. The average Bonchev–Trinajstić information content (AvgIpc) is 3.28. The van der Waals surface area contributed by atoms with E-state index in [2.05, 4.69) is 30.0 Å². The van der Waals surface area contributed by atoms with Gasteiger partial charge >= 0.3 is 0 Å². The molecule has 0 aliphatic carbocycles. The second kappa shape index (κ2) is 6.93. The van der Waals surface area contributed by atoms with Crippen LogP contribution < -0.4 is 9.80 Å². The quantitative estimate of drug-likeness (QED) is 0.637. The van der Waals surface area contributed by atoms with E-state index in [9.17, 15) is 4.79 Å². The molecular weight excluding hydrogens is 346 g/mol. The lowest BCUT2D eigenvalue weighted by Gasteiger charge is -2.33. The van der Waals surface area contributed by atoms with Crippen molar-refractivity contribution in [1.82, 2.24) is 4.98 Å². The number of nitrogens with zero attached hydrogens (tertiary/aromatic N) is 3. The van der Waals surface area contributed by atoms with Crippen LogP contribution in [0.15, 0.2) is 54.6 Å².